The van der Waals surface area contributed by atoms with E-state index in [0.29, 0.717) is 38.5 Å². The van der Waals surface area contributed by atoms with E-state index in [2.05, 4.69) is 17.0 Å². The number of non-ortho nitro benzene ring substituents is 1. The topological polar surface area (TPSA) is 109 Å². The second kappa shape index (κ2) is 7.99. The number of nitro benzene ring substituents is 1. The maximum absolute atomic E-state index is 13.0. The lowest BCUT2D eigenvalue weighted by molar-refractivity contribution is -0.385. The molecule has 2 aromatic carbocycles. The van der Waals surface area contributed by atoms with Gasteiger partial charge in [0.25, 0.3) is 11.6 Å². The molecule has 0 spiro atoms. The second-order valence-corrected chi connectivity index (χ2v) is 7.36. The highest BCUT2D eigenvalue weighted by molar-refractivity contribution is 8.14. The number of hydrazone groups is 1. The Morgan fingerprint density at radius 1 is 1.37 bits per heavy atom. The van der Waals surface area contributed by atoms with Crippen LogP contribution in [0.25, 0.3) is 5.70 Å². The summed E-state index contributed by atoms with van der Waals surface area (Å²) < 4.78 is 5.43. The first-order valence-electron chi connectivity index (χ1n) is 8.96. The van der Waals surface area contributed by atoms with Crippen molar-refractivity contribution < 1.29 is 14.5 Å². The van der Waals surface area contributed by atoms with Crippen molar-refractivity contribution in [1.82, 2.24) is 10.3 Å². The highest BCUT2D eigenvalue weighted by atomic mass is 32.2. The van der Waals surface area contributed by atoms with E-state index in [9.17, 15) is 14.9 Å². The number of methoxy groups -OCH3 is 1. The van der Waals surface area contributed by atoms with Crippen molar-refractivity contribution in [3.8, 4) is 5.75 Å². The zero-order chi connectivity index (χ0) is 21.3. The number of nitro groups is 1. The average Bonchev–Trinajstić information content (AvgIpc) is 2.76. The summed E-state index contributed by atoms with van der Waals surface area (Å²) >= 11 is 1.32. The monoisotopic (exact) mass is 423 g/mol. The predicted molar refractivity (Wildman–Crippen MR) is 113 cm³/mol. The first-order chi connectivity index (χ1) is 14.5. The van der Waals surface area contributed by atoms with Crippen LogP contribution < -0.4 is 20.6 Å². The van der Waals surface area contributed by atoms with Crippen LogP contribution in [0, 0.1) is 10.1 Å². The Morgan fingerprint density at radius 2 is 2.17 bits per heavy atom. The van der Waals surface area contributed by atoms with Crippen molar-refractivity contribution >= 4 is 34.2 Å². The largest absolute Gasteiger partial charge is 0.496 e. The van der Waals surface area contributed by atoms with Crippen molar-refractivity contribution in [2.24, 2.45) is 10.1 Å². The highest BCUT2D eigenvalue weighted by Gasteiger charge is 2.36. The summed E-state index contributed by atoms with van der Waals surface area (Å²) in [6.45, 7) is 3.68. The Morgan fingerprint density at radius 3 is 2.90 bits per heavy atom. The van der Waals surface area contributed by atoms with Crippen LogP contribution in [0.1, 0.15) is 11.7 Å². The Balaban J connectivity index is 1.96. The number of hydrogen-bond donors (Lipinski definition) is 1. The summed E-state index contributed by atoms with van der Waals surface area (Å²) in [5.41, 5.74) is 0.653. The number of rotatable bonds is 5. The summed E-state index contributed by atoms with van der Waals surface area (Å²) in [5.74, 6) is 0.642. The highest BCUT2D eigenvalue weighted by Crippen LogP contribution is 2.37. The lowest BCUT2D eigenvalue weighted by Crippen LogP contribution is -2.50. The molecule has 9 nitrogen and oxygen atoms in total. The third-order valence-corrected chi connectivity index (χ3v) is 5.42. The molecule has 2 aliphatic rings. The average molecular weight is 423 g/mol. The van der Waals surface area contributed by atoms with E-state index in [0.717, 1.165) is 0 Å². The fraction of sp³-hybridized carbons (Fsp3) is 0.150. The van der Waals surface area contributed by atoms with Gasteiger partial charge in [0.2, 0.25) is 0 Å². The Kier molecular flexibility index (Phi) is 5.23. The molecule has 0 saturated heterocycles. The van der Waals surface area contributed by atoms with Gasteiger partial charge in [-0.1, -0.05) is 36.0 Å². The van der Waals surface area contributed by atoms with Gasteiger partial charge >= 0.3 is 0 Å². The van der Waals surface area contributed by atoms with Gasteiger partial charge in [-0.2, -0.15) is 0 Å². The predicted octanol–water partition coefficient (Wildman–Crippen LogP) is 1.67. The molecule has 152 valence electrons. The standard InChI is InChI=1S/C20H17N5O4S/c1-3-10-30-20-22-19(26)17-13-6-4-5-7-15(13)21-18(24(17)23-20)14-11-12(25(27)28)8-9-16(14)29-2/h3-9,11,18H,1,10H2,2H3,(H,22,23,26)/t18-/m1/s1. The maximum atomic E-state index is 13.0. The third kappa shape index (κ3) is 3.41. The fourth-order valence-corrected chi connectivity index (χ4v) is 3.86. The lowest BCUT2D eigenvalue weighted by Gasteiger charge is -2.34. The van der Waals surface area contributed by atoms with Crippen molar-refractivity contribution in [2.45, 2.75) is 6.17 Å². The van der Waals surface area contributed by atoms with E-state index >= 15 is 0 Å². The summed E-state index contributed by atoms with van der Waals surface area (Å²) in [4.78, 5) is 28.6. The molecule has 2 aliphatic heterocycles. The molecule has 0 aromatic heterocycles. The van der Waals surface area contributed by atoms with Crippen LogP contribution in [0.2, 0.25) is 0 Å². The third-order valence-electron chi connectivity index (χ3n) is 4.56. The minimum atomic E-state index is -0.810. The molecule has 2 aromatic rings. The molecule has 0 saturated carbocycles. The fourth-order valence-electron chi connectivity index (χ4n) is 3.27. The summed E-state index contributed by atoms with van der Waals surface area (Å²) in [6.07, 6.45) is 0.894. The van der Waals surface area contributed by atoms with Gasteiger partial charge in [0, 0.05) is 28.7 Å². The molecule has 0 fully saturated rings. The first-order valence-corrected chi connectivity index (χ1v) is 9.94. The Hall–Kier alpha value is -3.66. The quantitative estimate of drug-likeness (QED) is 0.445. The van der Waals surface area contributed by atoms with Crippen molar-refractivity contribution in [3.63, 3.8) is 0 Å². The zero-order valence-electron chi connectivity index (χ0n) is 15.9. The molecule has 10 heteroatoms. The molecule has 1 N–H and O–H groups in total. The number of benzene rings is 2. The summed E-state index contributed by atoms with van der Waals surface area (Å²) in [6, 6.07) is 11.5. The van der Waals surface area contributed by atoms with Gasteiger partial charge < -0.3 is 4.74 Å². The van der Waals surface area contributed by atoms with E-state index in [-0.39, 0.29) is 11.6 Å². The van der Waals surface area contributed by atoms with E-state index < -0.39 is 11.1 Å². The van der Waals surface area contributed by atoms with Crippen molar-refractivity contribution in [2.75, 3.05) is 12.9 Å². The van der Waals surface area contributed by atoms with Crippen LogP contribution in [-0.4, -0.2) is 33.9 Å². The summed E-state index contributed by atoms with van der Waals surface area (Å²) in [5, 5.41) is 21.8. The van der Waals surface area contributed by atoms with Crippen molar-refractivity contribution in [3.05, 3.63) is 81.4 Å². The smallest absolute Gasteiger partial charge is 0.276 e. The molecule has 0 unspecified atom stereocenters. The minimum absolute atomic E-state index is 0.104. The molecule has 0 aliphatic carbocycles. The zero-order valence-corrected chi connectivity index (χ0v) is 16.8. The van der Waals surface area contributed by atoms with Gasteiger partial charge in [0.05, 0.1) is 17.4 Å². The molecular weight excluding hydrogens is 406 g/mol. The van der Waals surface area contributed by atoms with E-state index in [1.165, 1.54) is 42.1 Å². The number of ether oxygens (including phenoxy) is 1. The van der Waals surface area contributed by atoms with Gasteiger partial charge in [-0.25, -0.2) is 5.01 Å². The van der Waals surface area contributed by atoms with E-state index in [1.54, 1.807) is 18.2 Å². The molecule has 30 heavy (non-hydrogen) atoms. The first kappa shape index (κ1) is 19.6. The summed E-state index contributed by atoms with van der Waals surface area (Å²) in [7, 11) is 1.48. The number of thioether (sulfide) groups is 1. The molecule has 1 atom stereocenters. The van der Waals surface area contributed by atoms with Crippen molar-refractivity contribution in [1.29, 1.82) is 0 Å². The minimum Gasteiger partial charge on any atom is -0.496 e. The van der Waals surface area contributed by atoms with Crippen LogP contribution >= 0.6 is 11.8 Å². The number of carbonyl (C=O) groups excluding carboxylic acids is 1. The number of nitrogens with one attached hydrogen (secondary N) is 1. The maximum Gasteiger partial charge on any atom is 0.276 e. The van der Waals surface area contributed by atoms with E-state index in [4.69, 9.17) is 9.73 Å². The van der Waals surface area contributed by atoms with Gasteiger partial charge in [-0.3, -0.25) is 25.2 Å². The SMILES string of the molecule is C=CCSC1=NN2C(=c3ccccc3=N[C@H]2c2cc([N+](=O)[O-])ccc2OC)C(=O)N1. The van der Waals surface area contributed by atoms with Crippen LogP contribution in [-0.2, 0) is 4.79 Å². The number of amidine groups is 1. The van der Waals surface area contributed by atoms with Gasteiger partial charge in [-0.05, 0) is 12.1 Å². The second-order valence-electron chi connectivity index (χ2n) is 6.36. The normalized spacial score (nSPS) is 17.2. The van der Waals surface area contributed by atoms with Gasteiger partial charge in [0.15, 0.2) is 11.3 Å². The molecule has 1 amide bonds. The van der Waals surface area contributed by atoms with Gasteiger partial charge in [0.1, 0.15) is 11.4 Å². The van der Waals surface area contributed by atoms with E-state index in [1.807, 2.05) is 12.1 Å². The Labute approximate surface area is 175 Å². The number of para-hydroxylation sites is 1. The Bertz CT molecular complexity index is 1210. The van der Waals surface area contributed by atoms with Crippen LogP contribution in [0.3, 0.4) is 0 Å². The molecule has 2 heterocycles. The van der Waals surface area contributed by atoms with Crippen LogP contribution in [0.4, 0.5) is 5.69 Å². The molecule has 0 bridgehead atoms. The lowest BCUT2D eigenvalue weighted by atomic mass is 10.1. The molecular formula is C20H17N5O4S. The number of fused-ring (bicyclic) bond motifs is 2. The number of carbonyl (C=O) groups is 1. The number of nitrogens with zero attached hydrogens (tertiary/aromatic N) is 4. The molecule has 4 rings (SSSR count). The molecule has 0 radical (unpaired) electrons. The number of hydrogen-bond acceptors (Lipinski definition) is 8. The van der Waals surface area contributed by atoms with Crippen LogP contribution in [0.15, 0.2) is 65.2 Å². The van der Waals surface area contributed by atoms with Gasteiger partial charge in [-0.15, -0.1) is 11.7 Å². The van der Waals surface area contributed by atoms with Crippen LogP contribution in [0.5, 0.6) is 5.75 Å². The number of amides is 1.